The van der Waals surface area contributed by atoms with Crippen LogP contribution in [0.15, 0.2) is 97.1 Å². The maximum Gasteiger partial charge on any atom is 0.319 e. The normalized spacial score (nSPS) is 14.6. The molecule has 1 aliphatic rings. The van der Waals surface area contributed by atoms with Crippen LogP contribution in [0.1, 0.15) is 49.9 Å². The Morgan fingerprint density at radius 2 is 0.500 bits per heavy atom. The van der Waals surface area contributed by atoms with Gasteiger partial charge in [-0.25, -0.2) is 19.2 Å². The molecule has 5 rings (SSSR count). The first-order valence-corrected chi connectivity index (χ1v) is 22.6. The smallest absolute Gasteiger partial charge is 0.319 e. The summed E-state index contributed by atoms with van der Waals surface area (Å²) in [5.41, 5.74) is 7.64. The minimum Gasteiger partial charge on any atom is -0.338 e. The summed E-state index contributed by atoms with van der Waals surface area (Å²) in [6, 6.07) is 31.4. The van der Waals surface area contributed by atoms with Crippen molar-refractivity contribution in [3.63, 3.8) is 0 Å². The summed E-state index contributed by atoms with van der Waals surface area (Å²) in [7, 11) is 0. The van der Waals surface area contributed by atoms with E-state index in [2.05, 4.69) is 111 Å². The molecule has 0 atom stereocenters. The van der Waals surface area contributed by atoms with E-state index >= 15 is 0 Å². The summed E-state index contributed by atoms with van der Waals surface area (Å²) < 4.78 is 0. The lowest BCUT2D eigenvalue weighted by Gasteiger charge is -2.34. The Balaban J connectivity index is 1.37. The van der Waals surface area contributed by atoms with Gasteiger partial charge in [0.1, 0.15) is 0 Å². The molecule has 1 heterocycles. The molecule has 0 unspecified atom stereocenters. The summed E-state index contributed by atoms with van der Waals surface area (Å²) in [5.74, 6) is 0. The highest BCUT2D eigenvalue weighted by Gasteiger charge is 2.19. The van der Waals surface area contributed by atoms with E-state index in [9.17, 15) is 19.2 Å². The van der Waals surface area contributed by atoms with E-state index in [0.717, 1.165) is 124 Å². The van der Waals surface area contributed by atoms with Gasteiger partial charge in [-0.05, 0) is 98.5 Å². The maximum absolute atomic E-state index is 12.2. The highest BCUT2D eigenvalue weighted by Crippen LogP contribution is 2.18. The van der Waals surface area contributed by atoms with Crippen LogP contribution in [0, 0.1) is 0 Å². The fourth-order valence-electron chi connectivity index (χ4n) is 7.36. The van der Waals surface area contributed by atoms with E-state index in [4.69, 9.17) is 0 Å². The summed E-state index contributed by atoms with van der Waals surface area (Å²) >= 11 is 0. The molecular formula is C48H68N12O4. The Kier molecular flexibility index (Phi) is 20.2. The van der Waals surface area contributed by atoms with Crippen molar-refractivity contribution in [1.29, 1.82) is 0 Å². The van der Waals surface area contributed by atoms with Crippen molar-refractivity contribution in [2.24, 2.45) is 0 Å². The predicted octanol–water partition coefficient (Wildman–Crippen LogP) is 6.57. The fourth-order valence-corrected chi connectivity index (χ4v) is 7.36. The summed E-state index contributed by atoms with van der Waals surface area (Å²) in [6.45, 7) is 19.5. The van der Waals surface area contributed by atoms with Gasteiger partial charge in [-0.1, -0.05) is 48.5 Å². The number of hydrogen-bond acceptors (Lipinski definition) is 8. The first kappa shape index (κ1) is 48.8. The third kappa shape index (κ3) is 17.5. The number of nitrogens with zero attached hydrogens (tertiary/aromatic N) is 4. The van der Waals surface area contributed by atoms with E-state index < -0.39 is 0 Å². The maximum atomic E-state index is 12.2. The van der Waals surface area contributed by atoms with Crippen molar-refractivity contribution >= 4 is 46.9 Å². The Morgan fingerprint density at radius 3 is 0.656 bits per heavy atom. The quantitative estimate of drug-likeness (QED) is 0.0623. The zero-order valence-corrected chi connectivity index (χ0v) is 38.0. The number of nitrogens with one attached hydrogen (secondary N) is 8. The molecule has 0 radical (unpaired) electrons. The molecule has 0 saturated carbocycles. The molecule has 4 aromatic rings. The molecule has 16 nitrogen and oxygen atoms in total. The van der Waals surface area contributed by atoms with Gasteiger partial charge in [0, 0.05) is 127 Å². The van der Waals surface area contributed by atoms with Crippen molar-refractivity contribution in [3.8, 4) is 0 Å². The number of rotatable bonds is 16. The first-order chi connectivity index (χ1) is 31.1. The van der Waals surface area contributed by atoms with Crippen molar-refractivity contribution in [2.45, 2.75) is 53.9 Å². The Bertz CT molecular complexity index is 1720. The average Bonchev–Trinajstić information content (AvgIpc) is 3.27. The molecule has 1 aliphatic heterocycles. The zero-order chi connectivity index (χ0) is 45.5. The van der Waals surface area contributed by atoms with E-state index in [1.165, 1.54) is 0 Å². The second-order valence-electron chi connectivity index (χ2n) is 15.8. The van der Waals surface area contributed by atoms with Crippen LogP contribution in [0.5, 0.6) is 0 Å². The van der Waals surface area contributed by atoms with Crippen molar-refractivity contribution < 1.29 is 19.2 Å². The number of carbonyl (C=O) groups excluding carboxylic acids is 4. The number of hydrogen-bond donors (Lipinski definition) is 8. The number of anilines is 4. The van der Waals surface area contributed by atoms with E-state index in [0.29, 0.717) is 26.2 Å². The van der Waals surface area contributed by atoms with Crippen molar-refractivity contribution in [2.75, 3.05) is 99.8 Å². The average molecular weight is 877 g/mol. The number of carbonyl (C=O) groups is 4. The number of amides is 8. The van der Waals surface area contributed by atoms with Gasteiger partial charge in [-0.2, -0.15) is 0 Å². The second-order valence-corrected chi connectivity index (χ2v) is 15.8. The monoisotopic (exact) mass is 877 g/mol. The Hall–Kier alpha value is -6.20. The van der Waals surface area contributed by atoms with Gasteiger partial charge < -0.3 is 42.5 Å². The van der Waals surface area contributed by atoms with Crippen LogP contribution in [-0.4, -0.2) is 122 Å². The molecule has 344 valence electrons. The van der Waals surface area contributed by atoms with Crippen molar-refractivity contribution in [3.05, 3.63) is 119 Å². The second kappa shape index (κ2) is 26.4. The zero-order valence-electron chi connectivity index (χ0n) is 38.0. The molecule has 64 heavy (non-hydrogen) atoms. The van der Waals surface area contributed by atoms with Crippen LogP contribution in [0.25, 0.3) is 0 Å². The van der Waals surface area contributed by atoms with Crippen LogP contribution in [-0.2, 0) is 26.2 Å². The summed E-state index contributed by atoms with van der Waals surface area (Å²) in [5, 5.41) is 22.7. The van der Waals surface area contributed by atoms with Gasteiger partial charge >= 0.3 is 24.1 Å². The van der Waals surface area contributed by atoms with Crippen molar-refractivity contribution in [1.82, 2.24) is 40.9 Å². The number of urea groups is 4. The molecule has 0 spiro atoms. The lowest BCUT2D eigenvalue weighted by molar-refractivity contribution is 0.122. The minimum atomic E-state index is -0.221. The third-order valence-electron chi connectivity index (χ3n) is 10.8. The molecule has 1 fully saturated rings. The molecule has 0 aromatic heterocycles. The Morgan fingerprint density at radius 1 is 0.328 bits per heavy atom. The van der Waals surface area contributed by atoms with Crippen LogP contribution in [0.3, 0.4) is 0 Å². The van der Waals surface area contributed by atoms with Crippen LogP contribution in [0.2, 0.25) is 0 Å². The van der Waals surface area contributed by atoms with E-state index in [-0.39, 0.29) is 24.1 Å². The summed E-state index contributed by atoms with van der Waals surface area (Å²) in [6.07, 6.45) is 0. The van der Waals surface area contributed by atoms with Crippen LogP contribution >= 0.6 is 0 Å². The summed E-state index contributed by atoms with van der Waals surface area (Å²) in [4.78, 5) is 58.7. The third-order valence-corrected chi connectivity index (χ3v) is 10.8. The fraction of sp³-hybridized carbons (Fsp3) is 0.417. The van der Waals surface area contributed by atoms with Gasteiger partial charge in [-0.3, -0.25) is 19.6 Å². The molecular weight excluding hydrogens is 809 g/mol. The minimum absolute atomic E-state index is 0.221. The predicted molar refractivity (Wildman–Crippen MR) is 258 cm³/mol. The molecule has 8 N–H and O–H groups in total. The molecule has 16 heteroatoms. The van der Waals surface area contributed by atoms with E-state index in [1.807, 2.05) is 76.2 Å². The van der Waals surface area contributed by atoms with Gasteiger partial charge in [-0.15, -0.1) is 0 Å². The molecule has 8 amide bonds. The standard InChI is InChI=1S/C48H68N12O4/c1-5-49-45(61)53-41-17-9-37(10-18-41)33-57-25-27-58(34-38-11-19-42(20-12-38)54-46(62)50-6-2)29-31-60(36-40-15-23-44(24-16-40)56-48(64)52-8-4)32-30-59(28-26-57)35-39-13-21-43(22-14-39)55-47(63)51-7-3/h9-24H,5-8,25-36H2,1-4H3,(H2,49,53,61)(H2,50,54,62)(H2,51,55,63)(H2,52,56,64). The van der Waals surface area contributed by atoms with Gasteiger partial charge in [0.2, 0.25) is 0 Å². The topological polar surface area (TPSA) is 177 Å². The largest absolute Gasteiger partial charge is 0.338 e. The molecule has 0 aliphatic carbocycles. The lowest BCUT2D eigenvalue weighted by Crippen LogP contribution is -2.45. The van der Waals surface area contributed by atoms with Gasteiger partial charge in [0.15, 0.2) is 0 Å². The van der Waals surface area contributed by atoms with Crippen LogP contribution in [0.4, 0.5) is 41.9 Å². The number of benzene rings is 4. The van der Waals surface area contributed by atoms with E-state index in [1.54, 1.807) is 0 Å². The molecule has 0 bridgehead atoms. The molecule has 4 aromatic carbocycles. The van der Waals surface area contributed by atoms with Gasteiger partial charge in [0.25, 0.3) is 0 Å². The Labute approximate surface area is 378 Å². The van der Waals surface area contributed by atoms with Crippen LogP contribution < -0.4 is 42.5 Å². The highest BCUT2D eigenvalue weighted by molar-refractivity contribution is 5.90. The first-order valence-electron chi connectivity index (χ1n) is 22.6. The lowest BCUT2D eigenvalue weighted by atomic mass is 10.1. The van der Waals surface area contributed by atoms with Gasteiger partial charge in [0.05, 0.1) is 0 Å². The highest BCUT2D eigenvalue weighted by atomic mass is 16.2. The SMILES string of the molecule is CCNC(=O)Nc1ccc(CN2CCN(Cc3ccc(NC(=O)NCC)cc3)CCN(Cc3ccc(NC(=O)NCC)cc3)CCN(Cc3ccc(NC(=O)NCC)cc3)CC2)cc1. The molecule has 1 saturated heterocycles.